The fraction of sp³-hybridized carbons (Fsp3) is 0.0714. The Kier molecular flexibility index (Phi) is 3.33. The molecule has 0 bridgehead atoms. The van der Waals surface area contributed by atoms with Crippen LogP contribution >= 0.6 is 0 Å². The molecule has 0 heterocycles. The molecule has 0 fully saturated rings. The van der Waals surface area contributed by atoms with Crippen molar-refractivity contribution >= 4 is 0 Å². The first-order chi connectivity index (χ1) is 8.60. The van der Waals surface area contributed by atoms with Crippen molar-refractivity contribution in [1.82, 2.24) is 0 Å². The molecule has 0 aromatic heterocycles. The third-order valence-electron chi connectivity index (χ3n) is 2.53. The van der Waals surface area contributed by atoms with Crippen molar-refractivity contribution in [2.24, 2.45) is 0 Å². The van der Waals surface area contributed by atoms with Crippen LogP contribution in [0.5, 0.6) is 0 Å². The third-order valence-corrected chi connectivity index (χ3v) is 2.53. The summed E-state index contributed by atoms with van der Waals surface area (Å²) in [5.41, 5.74) is 1.64. The number of rotatable bonds is 2. The molecule has 0 spiro atoms. The molecule has 0 aliphatic carbocycles. The molecule has 0 amide bonds. The number of halogens is 3. The third kappa shape index (κ3) is 2.51. The van der Waals surface area contributed by atoms with E-state index in [1.165, 1.54) is 0 Å². The van der Waals surface area contributed by atoms with E-state index in [0.29, 0.717) is 11.1 Å². The molecule has 2 aromatic carbocycles. The molecule has 0 saturated carbocycles. The first-order valence-corrected chi connectivity index (χ1v) is 5.22. The number of nitriles is 1. The molecule has 2 aromatic rings. The maximum absolute atomic E-state index is 13.0. The molecule has 1 nitrogen and oxygen atoms in total. The fourth-order valence-corrected chi connectivity index (χ4v) is 1.64. The van der Waals surface area contributed by atoms with E-state index in [1.807, 2.05) is 6.07 Å². The monoisotopic (exact) mass is 247 g/mol. The summed E-state index contributed by atoms with van der Waals surface area (Å²) in [5, 5.41) is 8.63. The Morgan fingerprint density at radius 2 is 1.44 bits per heavy atom. The number of nitrogens with zero attached hydrogens (tertiary/aromatic N) is 1. The molecule has 0 atom stereocenters. The summed E-state index contributed by atoms with van der Waals surface area (Å²) in [7, 11) is 0. The van der Waals surface area contributed by atoms with E-state index in [9.17, 15) is 13.2 Å². The van der Waals surface area contributed by atoms with E-state index >= 15 is 0 Å². The van der Waals surface area contributed by atoms with Gasteiger partial charge in [0.2, 0.25) is 0 Å². The lowest BCUT2D eigenvalue weighted by molar-refractivity contribution is 0.445. The lowest BCUT2D eigenvalue weighted by Crippen LogP contribution is -1.96. The average molecular weight is 247 g/mol. The van der Waals surface area contributed by atoms with Gasteiger partial charge >= 0.3 is 0 Å². The predicted octanol–water partition coefficient (Wildman–Crippen LogP) is 3.57. The first-order valence-electron chi connectivity index (χ1n) is 5.22. The molecule has 0 unspecified atom stereocenters. The molecular weight excluding hydrogens is 239 g/mol. The lowest BCUT2D eigenvalue weighted by atomic mass is 10.0. The molecule has 0 radical (unpaired) electrons. The molecule has 0 aliphatic heterocycles. The molecule has 4 heteroatoms. The standard InChI is InChI=1S/C14H8F3N/c15-12-6-11(7-13(16)14(12)17)5-9-1-3-10(8-18)4-2-9/h1-4,6-7H,5H2. The normalized spacial score (nSPS) is 10.1. The van der Waals surface area contributed by atoms with E-state index < -0.39 is 17.5 Å². The molecule has 0 aliphatic rings. The zero-order chi connectivity index (χ0) is 13.1. The Morgan fingerprint density at radius 1 is 0.889 bits per heavy atom. The van der Waals surface area contributed by atoms with Crippen molar-refractivity contribution in [2.45, 2.75) is 6.42 Å². The Labute approximate surface area is 102 Å². The maximum Gasteiger partial charge on any atom is 0.194 e. The predicted molar refractivity (Wildman–Crippen MR) is 60.3 cm³/mol. The van der Waals surface area contributed by atoms with Crippen molar-refractivity contribution in [1.29, 1.82) is 5.26 Å². The molecule has 18 heavy (non-hydrogen) atoms. The summed E-state index contributed by atoms with van der Waals surface area (Å²) in [6.07, 6.45) is 0.278. The van der Waals surface area contributed by atoms with Crippen molar-refractivity contribution in [2.75, 3.05) is 0 Å². The highest BCUT2D eigenvalue weighted by Crippen LogP contribution is 2.17. The molecule has 2 rings (SSSR count). The van der Waals surface area contributed by atoms with Crippen molar-refractivity contribution in [3.05, 3.63) is 70.5 Å². The van der Waals surface area contributed by atoms with Crippen LogP contribution in [0.25, 0.3) is 0 Å². The largest absolute Gasteiger partial charge is 0.204 e. The second-order valence-corrected chi connectivity index (χ2v) is 3.86. The summed E-state index contributed by atoms with van der Waals surface area (Å²) >= 11 is 0. The van der Waals surface area contributed by atoms with Gasteiger partial charge in [-0.15, -0.1) is 0 Å². The van der Waals surface area contributed by atoms with Gasteiger partial charge in [-0.05, 0) is 41.8 Å². The topological polar surface area (TPSA) is 23.8 Å². The fourth-order valence-electron chi connectivity index (χ4n) is 1.64. The zero-order valence-corrected chi connectivity index (χ0v) is 9.25. The minimum absolute atomic E-state index is 0.278. The van der Waals surface area contributed by atoms with E-state index in [0.717, 1.165) is 17.7 Å². The number of benzene rings is 2. The van der Waals surface area contributed by atoms with Crippen LogP contribution in [0.15, 0.2) is 36.4 Å². The van der Waals surface area contributed by atoms with Gasteiger partial charge in [0.15, 0.2) is 17.5 Å². The van der Waals surface area contributed by atoms with Crippen molar-refractivity contribution in [3.8, 4) is 6.07 Å². The van der Waals surface area contributed by atoms with Crippen molar-refractivity contribution < 1.29 is 13.2 Å². The van der Waals surface area contributed by atoms with Gasteiger partial charge in [-0.1, -0.05) is 12.1 Å². The second kappa shape index (κ2) is 4.92. The highest BCUT2D eigenvalue weighted by Gasteiger charge is 2.10. The summed E-state index contributed by atoms with van der Waals surface area (Å²) in [5.74, 6) is -3.85. The quantitative estimate of drug-likeness (QED) is 0.744. The van der Waals surface area contributed by atoms with E-state index in [4.69, 9.17) is 5.26 Å². The Morgan fingerprint density at radius 3 is 1.94 bits per heavy atom. The minimum atomic E-state index is -1.46. The van der Waals surface area contributed by atoms with Gasteiger partial charge < -0.3 is 0 Å². The van der Waals surface area contributed by atoms with Crippen LogP contribution in [0.2, 0.25) is 0 Å². The molecule has 90 valence electrons. The lowest BCUT2D eigenvalue weighted by Gasteiger charge is -2.04. The van der Waals surface area contributed by atoms with Gasteiger partial charge in [0, 0.05) is 0 Å². The van der Waals surface area contributed by atoms with E-state index in [2.05, 4.69) is 0 Å². The van der Waals surface area contributed by atoms with Crippen LogP contribution in [0.1, 0.15) is 16.7 Å². The number of hydrogen-bond acceptors (Lipinski definition) is 1. The second-order valence-electron chi connectivity index (χ2n) is 3.86. The minimum Gasteiger partial charge on any atom is -0.204 e. The Bertz CT molecular complexity index is 589. The Hall–Kier alpha value is -2.28. The first kappa shape index (κ1) is 12.2. The van der Waals surface area contributed by atoms with Gasteiger partial charge in [0.25, 0.3) is 0 Å². The van der Waals surface area contributed by atoms with Crippen LogP contribution in [0.4, 0.5) is 13.2 Å². The van der Waals surface area contributed by atoms with Gasteiger partial charge in [0.05, 0.1) is 11.6 Å². The molecule has 0 saturated heterocycles. The summed E-state index contributed by atoms with van der Waals surface area (Å²) in [6, 6.07) is 10.5. The maximum atomic E-state index is 13.0. The smallest absolute Gasteiger partial charge is 0.194 e. The number of hydrogen-bond donors (Lipinski definition) is 0. The summed E-state index contributed by atoms with van der Waals surface area (Å²) < 4.78 is 38.8. The Balaban J connectivity index is 2.26. The average Bonchev–Trinajstić information content (AvgIpc) is 2.37. The summed E-state index contributed by atoms with van der Waals surface area (Å²) in [6.45, 7) is 0. The summed E-state index contributed by atoms with van der Waals surface area (Å²) in [4.78, 5) is 0. The van der Waals surface area contributed by atoms with Gasteiger partial charge in [-0.25, -0.2) is 13.2 Å². The molecular formula is C14H8F3N. The van der Waals surface area contributed by atoms with Gasteiger partial charge in [0.1, 0.15) is 0 Å². The van der Waals surface area contributed by atoms with Crippen LogP contribution in [0.3, 0.4) is 0 Å². The van der Waals surface area contributed by atoms with Crippen LogP contribution < -0.4 is 0 Å². The van der Waals surface area contributed by atoms with Crippen LogP contribution in [-0.2, 0) is 6.42 Å². The van der Waals surface area contributed by atoms with Crippen molar-refractivity contribution in [3.63, 3.8) is 0 Å². The SMILES string of the molecule is N#Cc1ccc(Cc2cc(F)c(F)c(F)c2)cc1. The van der Waals surface area contributed by atoms with Gasteiger partial charge in [-0.3, -0.25) is 0 Å². The highest BCUT2D eigenvalue weighted by molar-refractivity contribution is 5.34. The van der Waals surface area contributed by atoms with E-state index in [1.54, 1.807) is 24.3 Å². The van der Waals surface area contributed by atoms with Crippen LogP contribution in [-0.4, -0.2) is 0 Å². The highest BCUT2D eigenvalue weighted by atomic mass is 19.2. The van der Waals surface area contributed by atoms with Crippen LogP contribution in [0, 0.1) is 28.8 Å². The van der Waals surface area contributed by atoms with Gasteiger partial charge in [-0.2, -0.15) is 5.26 Å². The molecule has 0 N–H and O–H groups in total. The zero-order valence-electron chi connectivity index (χ0n) is 9.25. The van der Waals surface area contributed by atoms with E-state index in [-0.39, 0.29) is 6.42 Å².